The molecule has 7 heteroatoms. The van der Waals surface area contributed by atoms with Gasteiger partial charge in [-0.2, -0.15) is 0 Å². The maximum atomic E-state index is 13.6. The lowest BCUT2D eigenvalue weighted by Gasteiger charge is -2.07. The summed E-state index contributed by atoms with van der Waals surface area (Å²) in [5.74, 6) is -1.70. The average Bonchev–Trinajstić information content (AvgIpc) is 2.34. The number of nitrogens with one attached hydrogen (secondary N) is 1. The van der Waals surface area contributed by atoms with Crippen LogP contribution in [0.3, 0.4) is 0 Å². The van der Waals surface area contributed by atoms with Gasteiger partial charge in [0.1, 0.15) is 12.4 Å². The molecule has 1 aromatic carbocycles. The van der Waals surface area contributed by atoms with Gasteiger partial charge in [-0.15, -0.1) is 0 Å². The molecule has 104 valence electrons. The molecule has 1 rings (SSSR count). The highest BCUT2D eigenvalue weighted by molar-refractivity contribution is 5.92. The van der Waals surface area contributed by atoms with Crippen molar-refractivity contribution in [1.82, 2.24) is 5.32 Å². The predicted molar refractivity (Wildman–Crippen MR) is 66.6 cm³/mol. The number of nitrogens with two attached hydrogens (primary N) is 2. The molecular weight excluding hydrogens is 253 g/mol. The number of benzene rings is 1. The minimum atomic E-state index is -0.668. The van der Waals surface area contributed by atoms with Gasteiger partial charge in [-0.05, 0) is 12.1 Å². The molecule has 0 fully saturated rings. The van der Waals surface area contributed by atoms with Crippen molar-refractivity contribution < 1.29 is 18.7 Å². The summed E-state index contributed by atoms with van der Waals surface area (Å²) in [4.78, 5) is 21.2. The van der Waals surface area contributed by atoms with Crippen molar-refractivity contribution in [3.8, 4) is 0 Å². The normalized spacial score (nSPS) is 10.4. The zero-order chi connectivity index (χ0) is 14.3. The van der Waals surface area contributed by atoms with E-state index in [9.17, 15) is 14.0 Å². The van der Waals surface area contributed by atoms with Gasteiger partial charge < -0.3 is 21.5 Å². The molecule has 0 radical (unpaired) electrons. The summed E-state index contributed by atoms with van der Waals surface area (Å²) in [6.45, 7) is 0.891. The molecule has 0 saturated carbocycles. The zero-order valence-electron chi connectivity index (χ0n) is 10.3. The van der Waals surface area contributed by atoms with E-state index in [0.29, 0.717) is 18.7 Å². The molecule has 0 heterocycles. The van der Waals surface area contributed by atoms with Gasteiger partial charge in [0, 0.05) is 24.2 Å². The van der Waals surface area contributed by atoms with E-state index in [1.165, 1.54) is 12.1 Å². The Balaban J connectivity index is 2.33. The van der Waals surface area contributed by atoms with E-state index in [4.69, 9.17) is 16.2 Å². The lowest BCUT2D eigenvalue weighted by Crippen LogP contribution is -2.24. The van der Waals surface area contributed by atoms with Crippen LogP contribution in [0.5, 0.6) is 0 Å². The molecule has 6 nitrogen and oxygen atoms in total. The largest absolute Gasteiger partial charge is 0.370 e. The number of rotatable bonds is 8. The van der Waals surface area contributed by atoms with Gasteiger partial charge in [0.05, 0.1) is 6.61 Å². The van der Waals surface area contributed by atoms with Crippen molar-refractivity contribution in [2.24, 2.45) is 11.5 Å². The minimum Gasteiger partial charge on any atom is -0.370 e. The molecule has 1 aromatic rings. The first-order chi connectivity index (χ1) is 9.00. The number of amides is 2. The summed E-state index contributed by atoms with van der Waals surface area (Å²) in [5.41, 5.74) is 10.5. The second-order valence-electron chi connectivity index (χ2n) is 3.87. The molecule has 0 unspecified atom stereocenters. The van der Waals surface area contributed by atoms with Gasteiger partial charge in [0.15, 0.2) is 0 Å². The molecule has 0 saturated heterocycles. The van der Waals surface area contributed by atoms with E-state index in [1.807, 2.05) is 0 Å². The molecule has 0 aromatic heterocycles. The Morgan fingerprint density at radius 3 is 2.63 bits per heavy atom. The maximum Gasteiger partial charge on any atom is 0.248 e. The standard InChI is InChI=1S/C12H16FN3O3/c13-10-5-8(12(15)18)1-2-9(10)6-16-3-4-19-7-11(14)17/h1-2,5,16H,3-4,6-7H2,(H2,14,17)(H2,15,18). The lowest BCUT2D eigenvalue weighted by molar-refractivity contribution is -0.122. The third kappa shape index (κ3) is 5.45. The third-order valence-electron chi connectivity index (χ3n) is 2.32. The van der Waals surface area contributed by atoms with Crippen LogP contribution in [-0.4, -0.2) is 31.6 Å². The van der Waals surface area contributed by atoms with Crippen LogP contribution in [0.15, 0.2) is 18.2 Å². The summed E-state index contributed by atoms with van der Waals surface area (Å²) >= 11 is 0. The number of carbonyl (C=O) groups excluding carboxylic acids is 2. The fourth-order valence-electron chi connectivity index (χ4n) is 1.38. The van der Waals surface area contributed by atoms with E-state index >= 15 is 0 Å². The summed E-state index contributed by atoms with van der Waals surface area (Å²) in [6, 6.07) is 4.06. The molecule has 0 aliphatic carbocycles. The van der Waals surface area contributed by atoms with Gasteiger partial charge in [0.2, 0.25) is 11.8 Å². The number of carbonyl (C=O) groups is 2. The van der Waals surface area contributed by atoms with Crippen LogP contribution in [0, 0.1) is 5.82 Å². The second-order valence-corrected chi connectivity index (χ2v) is 3.87. The van der Waals surface area contributed by atoms with Crippen LogP contribution in [0.4, 0.5) is 4.39 Å². The Morgan fingerprint density at radius 2 is 2.05 bits per heavy atom. The molecule has 5 N–H and O–H groups in total. The monoisotopic (exact) mass is 269 g/mol. The van der Waals surface area contributed by atoms with E-state index in [1.54, 1.807) is 0 Å². The minimum absolute atomic E-state index is 0.131. The molecular formula is C12H16FN3O3. The van der Waals surface area contributed by atoms with Crippen LogP contribution in [0.1, 0.15) is 15.9 Å². The summed E-state index contributed by atoms with van der Waals surface area (Å²) in [5, 5.41) is 2.93. The molecule has 0 aliphatic heterocycles. The Labute approximate surface area is 109 Å². The van der Waals surface area contributed by atoms with Gasteiger partial charge in [-0.25, -0.2) is 4.39 Å². The van der Waals surface area contributed by atoms with Crippen molar-refractivity contribution in [1.29, 1.82) is 0 Å². The first-order valence-electron chi connectivity index (χ1n) is 5.65. The smallest absolute Gasteiger partial charge is 0.248 e. The zero-order valence-corrected chi connectivity index (χ0v) is 10.3. The molecule has 0 spiro atoms. The summed E-state index contributed by atoms with van der Waals surface area (Å²) in [6.07, 6.45) is 0. The Morgan fingerprint density at radius 1 is 1.32 bits per heavy atom. The Hall–Kier alpha value is -1.99. The van der Waals surface area contributed by atoms with Crippen molar-refractivity contribution in [2.45, 2.75) is 6.54 Å². The van der Waals surface area contributed by atoms with E-state index in [-0.39, 0.29) is 18.7 Å². The van der Waals surface area contributed by atoms with E-state index in [0.717, 1.165) is 6.07 Å². The molecule has 0 atom stereocenters. The molecule has 0 bridgehead atoms. The van der Waals surface area contributed by atoms with Gasteiger partial charge in [0.25, 0.3) is 0 Å². The highest BCUT2D eigenvalue weighted by Gasteiger charge is 2.06. The highest BCUT2D eigenvalue weighted by atomic mass is 19.1. The number of hydrogen-bond acceptors (Lipinski definition) is 4. The van der Waals surface area contributed by atoms with Crippen LogP contribution < -0.4 is 16.8 Å². The first kappa shape index (κ1) is 15.1. The third-order valence-corrected chi connectivity index (χ3v) is 2.32. The van der Waals surface area contributed by atoms with Gasteiger partial charge in [-0.3, -0.25) is 9.59 Å². The van der Waals surface area contributed by atoms with E-state index < -0.39 is 17.6 Å². The van der Waals surface area contributed by atoms with Crippen LogP contribution in [-0.2, 0) is 16.1 Å². The molecule has 2 amide bonds. The SMILES string of the molecule is NC(=O)COCCNCc1ccc(C(N)=O)cc1F. The fourth-order valence-corrected chi connectivity index (χ4v) is 1.38. The van der Waals surface area contributed by atoms with Crippen molar-refractivity contribution in [3.63, 3.8) is 0 Å². The number of halogens is 1. The average molecular weight is 269 g/mol. The fraction of sp³-hybridized carbons (Fsp3) is 0.333. The second kappa shape index (κ2) is 7.45. The van der Waals surface area contributed by atoms with Gasteiger partial charge in [-0.1, -0.05) is 6.07 Å². The van der Waals surface area contributed by atoms with Gasteiger partial charge >= 0.3 is 0 Å². The summed E-state index contributed by atoms with van der Waals surface area (Å²) < 4.78 is 18.5. The predicted octanol–water partition coefficient (Wildman–Crippen LogP) is -0.484. The van der Waals surface area contributed by atoms with Crippen LogP contribution >= 0.6 is 0 Å². The Kier molecular flexibility index (Phi) is 5.91. The van der Waals surface area contributed by atoms with Crippen molar-refractivity contribution in [3.05, 3.63) is 35.1 Å². The van der Waals surface area contributed by atoms with Crippen LogP contribution in [0.25, 0.3) is 0 Å². The number of ether oxygens (including phenoxy) is 1. The Bertz CT molecular complexity index is 466. The van der Waals surface area contributed by atoms with E-state index in [2.05, 4.69) is 5.32 Å². The summed E-state index contributed by atoms with van der Waals surface area (Å²) in [7, 11) is 0. The highest BCUT2D eigenvalue weighted by Crippen LogP contribution is 2.09. The molecule has 0 aliphatic rings. The molecule has 19 heavy (non-hydrogen) atoms. The first-order valence-corrected chi connectivity index (χ1v) is 5.65. The van der Waals surface area contributed by atoms with Crippen LogP contribution in [0.2, 0.25) is 0 Å². The van der Waals surface area contributed by atoms with Crippen molar-refractivity contribution >= 4 is 11.8 Å². The number of primary amides is 2. The topological polar surface area (TPSA) is 107 Å². The maximum absolute atomic E-state index is 13.6. The quantitative estimate of drug-likeness (QED) is 0.554. The van der Waals surface area contributed by atoms with Crippen molar-refractivity contribution in [2.75, 3.05) is 19.8 Å². The lowest BCUT2D eigenvalue weighted by atomic mass is 10.1. The number of hydrogen-bond donors (Lipinski definition) is 3.